The van der Waals surface area contributed by atoms with Crippen molar-refractivity contribution < 1.29 is 21.6 Å². The quantitative estimate of drug-likeness (QED) is 0.552. The molecule has 1 fully saturated rings. The summed E-state index contributed by atoms with van der Waals surface area (Å²) < 4.78 is 69.4. The molecule has 3 aromatic rings. The third-order valence-corrected chi connectivity index (χ3v) is 7.75. The van der Waals surface area contributed by atoms with Gasteiger partial charge >= 0.3 is 0 Å². The Bertz CT molecular complexity index is 1250. The molecule has 2 aromatic heterocycles. The van der Waals surface area contributed by atoms with Gasteiger partial charge in [0.2, 0.25) is 0 Å². The molecule has 1 aromatic carbocycles. The van der Waals surface area contributed by atoms with Crippen LogP contribution in [0.25, 0.3) is 0 Å². The molecule has 0 unspecified atom stereocenters. The maximum atomic E-state index is 13.5. The number of pyridine rings is 1. The van der Waals surface area contributed by atoms with Gasteiger partial charge in [-0.3, -0.25) is 0 Å². The molecule has 0 spiro atoms. The van der Waals surface area contributed by atoms with E-state index in [1.54, 1.807) is 30.7 Å². The summed E-state index contributed by atoms with van der Waals surface area (Å²) in [5.41, 5.74) is 0.325. The SMILES string of the molecule is Cc1nc(S(=O)(=O)N2C[C@H](Nc3cc(C(F)F)c(Cl)cn3)[C@@H](c3ccc(F)cc3)C2)cn1C. The van der Waals surface area contributed by atoms with E-state index >= 15 is 0 Å². The number of anilines is 1. The Balaban J connectivity index is 1.67. The molecule has 1 aliphatic rings. The normalized spacial score (nSPS) is 19.4. The molecular formula is C21H21ClF3N5O2S. The van der Waals surface area contributed by atoms with E-state index in [4.69, 9.17) is 11.6 Å². The number of sulfonamides is 1. The fourth-order valence-electron chi connectivity index (χ4n) is 3.83. The largest absolute Gasteiger partial charge is 0.365 e. The van der Waals surface area contributed by atoms with Crippen molar-refractivity contribution in [3.63, 3.8) is 0 Å². The molecule has 0 aliphatic carbocycles. The second kappa shape index (κ2) is 8.96. The lowest BCUT2D eigenvalue weighted by Crippen LogP contribution is -2.32. The first-order valence-corrected chi connectivity index (χ1v) is 11.8. The van der Waals surface area contributed by atoms with Crippen molar-refractivity contribution in [3.8, 4) is 0 Å². The predicted molar refractivity (Wildman–Crippen MR) is 117 cm³/mol. The van der Waals surface area contributed by atoms with Gasteiger partial charge in [-0.15, -0.1) is 0 Å². The van der Waals surface area contributed by atoms with Gasteiger partial charge in [0, 0.05) is 50.1 Å². The van der Waals surface area contributed by atoms with Crippen LogP contribution in [0.15, 0.2) is 47.8 Å². The summed E-state index contributed by atoms with van der Waals surface area (Å²) in [5.74, 6) is -0.129. The molecule has 176 valence electrons. The Hall–Kier alpha value is -2.63. The van der Waals surface area contributed by atoms with Gasteiger partial charge in [-0.05, 0) is 30.7 Å². The number of alkyl halides is 2. The van der Waals surface area contributed by atoms with Crippen LogP contribution in [0.1, 0.15) is 29.3 Å². The molecule has 0 radical (unpaired) electrons. The van der Waals surface area contributed by atoms with Crippen LogP contribution < -0.4 is 5.32 Å². The van der Waals surface area contributed by atoms with E-state index in [-0.39, 0.29) is 34.5 Å². The molecule has 0 saturated carbocycles. The first kappa shape index (κ1) is 23.5. The van der Waals surface area contributed by atoms with Crippen LogP contribution in [0.3, 0.4) is 0 Å². The summed E-state index contributed by atoms with van der Waals surface area (Å²) in [7, 11) is -2.22. The topological polar surface area (TPSA) is 80.1 Å². The second-order valence-corrected chi connectivity index (χ2v) is 10.2. The lowest BCUT2D eigenvalue weighted by molar-refractivity contribution is 0.151. The maximum Gasteiger partial charge on any atom is 0.265 e. The van der Waals surface area contributed by atoms with E-state index in [0.717, 1.165) is 12.3 Å². The Morgan fingerprint density at radius 1 is 1.21 bits per heavy atom. The predicted octanol–water partition coefficient (Wildman–Crippen LogP) is 4.12. The molecule has 1 aliphatic heterocycles. The van der Waals surface area contributed by atoms with E-state index < -0.39 is 34.2 Å². The lowest BCUT2D eigenvalue weighted by Gasteiger charge is -2.21. The van der Waals surface area contributed by atoms with Crippen LogP contribution in [0.5, 0.6) is 0 Å². The number of aromatic nitrogens is 3. The Morgan fingerprint density at radius 2 is 1.91 bits per heavy atom. The van der Waals surface area contributed by atoms with Crippen molar-refractivity contribution in [1.82, 2.24) is 18.8 Å². The zero-order valence-corrected chi connectivity index (χ0v) is 19.3. The molecule has 1 saturated heterocycles. The number of aryl methyl sites for hydroxylation is 2. The number of rotatable bonds is 6. The van der Waals surface area contributed by atoms with Crippen molar-refractivity contribution in [2.75, 3.05) is 18.4 Å². The fourth-order valence-corrected chi connectivity index (χ4v) is 5.53. The smallest absolute Gasteiger partial charge is 0.265 e. The fraction of sp³-hybridized carbons (Fsp3) is 0.333. The highest BCUT2D eigenvalue weighted by atomic mass is 35.5. The molecule has 3 heterocycles. The zero-order valence-electron chi connectivity index (χ0n) is 17.7. The van der Waals surface area contributed by atoms with Gasteiger partial charge in [-0.2, -0.15) is 4.31 Å². The van der Waals surface area contributed by atoms with Gasteiger partial charge in [-0.1, -0.05) is 23.7 Å². The standard InChI is InChI=1S/C21H21ClF3N5O2S/c1-12-27-20(11-29(12)2)33(31,32)30-9-16(13-3-5-14(23)6-4-13)18(10-30)28-19-7-15(21(24)25)17(22)8-26-19/h3-8,11,16,18,21H,9-10H2,1-2H3,(H,26,28)/t16-,18+/m1/s1. The monoisotopic (exact) mass is 499 g/mol. The van der Waals surface area contributed by atoms with Crippen LogP contribution in [0.4, 0.5) is 19.0 Å². The Labute approximate surface area is 194 Å². The summed E-state index contributed by atoms with van der Waals surface area (Å²) in [5, 5.41) is 2.83. The van der Waals surface area contributed by atoms with Crippen LogP contribution in [0.2, 0.25) is 5.02 Å². The van der Waals surface area contributed by atoms with Gasteiger partial charge in [-0.25, -0.2) is 31.6 Å². The first-order valence-electron chi connectivity index (χ1n) is 10.0. The highest BCUT2D eigenvalue weighted by Crippen LogP contribution is 2.34. The van der Waals surface area contributed by atoms with Crippen molar-refractivity contribution in [1.29, 1.82) is 0 Å². The number of benzene rings is 1. The third-order valence-electron chi connectivity index (χ3n) is 5.73. The molecule has 0 bridgehead atoms. The first-order chi connectivity index (χ1) is 15.6. The van der Waals surface area contributed by atoms with Gasteiger partial charge in [0.25, 0.3) is 16.4 Å². The summed E-state index contributed by atoms with van der Waals surface area (Å²) in [4.78, 5) is 8.21. The van der Waals surface area contributed by atoms with Gasteiger partial charge in [0.1, 0.15) is 17.5 Å². The van der Waals surface area contributed by atoms with E-state index in [1.807, 2.05) is 0 Å². The van der Waals surface area contributed by atoms with E-state index in [2.05, 4.69) is 15.3 Å². The summed E-state index contributed by atoms with van der Waals surface area (Å²) in [6.45, 7) is 1.83. The maximum absolute atomic E-state index is 13.5. The molecule has 12 heteroatoms. The molecule has 0 amide bonds. The molecule has 1 N–H and O–H groups in total. The lowest BCUT2D eigenvalue weighted by atomic mass is 9.94. The highest BCUT2D eigenvalue weighted by Gasteiger charge is 2.41. The van der Waals surface area contributed by atoms with E-state index in [1.165, 1.54) is 22.6 Å². The Kier molecular flexibility index (Phi) is 6.39. The van der Waals surface area contributed by atoms with Crippen LogP contribution >= 0.6 is 11.6 Å². The summed E-state index contributed by atoms with van der Waals surface area (Å²) >= 11 is 5.81. The van der Waals surface area contributed by atoms with Gasteiger partial charge in [0.15, 0.2) is 5.03 Å². The molecular weight excluding hydrogens is 479 g/mol. The molecule has 33 heavy (non-hydrogen) atoms. The molecule has 4 rings (SSSR count). The molecule has 2 atom stereocenters. The minimum atomic E-state index is -3.92. The number of nitrogens with one attached hydrogen (secondary N) is 1. The third kappa shape index (κ3) is 4.71. The average molecular weight is 500 g/mol. The number of hydrogen-bond donors (Lipinski definition) is 1. The van der Waals surface area contributed by atoms with Crippen LogP contribution in [-0.4, -0.2) is 46.4 Å². The van der Waals surface area contributed by atoms with E-state index in [9.17, 15) is 21.6 Å². The molecule has 7 nitrogen and oxygen atoms in total. The van der Waals surface area contributed by atoms with Crippen LogP contribution in [0, 0.1) is 12.7 Å². The van der Waals surface area contributed by atoms with Crippen molar-refractivity contribution in [3.05, 3.63) is 70.5 Å². The number of nitrogens with zero attached hydrogens (tertiary/aromatic N) is 4. The van der Waals surface area contributed by atoms with Gasteiger partial charge < -0.3 is 9.88 Å². The summed E-state index contributed by atoms with van der Waals surface area (Å²) in [6, 6.07) is 6.37. The number of hydrogen-bond acceptors (Lipinski definition) is 5. The number of halogens is 4. The van der Waals surface area contributed by atoms with Crippen LogP contribution in [-0.2, 0) is 17.1 Å². The van der Waals surface area contributed by atoms with Crippen molar-refractivity contribution in [2.45, 2.75) is 30.3 Å². The van der Waals surface area contributed by atoms with Crippen molar-refractivity contribution >= 4 is 27.4 Å². The number of imidazole rings is 1. The highest BCUT2D eigenvalue weighted by molar-refractivity contribution is 7.89. The Morgan fingerprint density at radius 3 is 2.52 bits per heavy atom. The average Bonchev–Trinajstić information content (AvgIpc) is 3.34. The van der Waals surface area contributed by atoms with E-state index in [0.29, 0.717) is 11.4 Å². The van der Waals surface area contributed by atoms with Crippen molar-refractivity contribution in [2.24, 2.45) is 7.05 Å². The van der Waals surface area contributed by atoms with Gasteiger partial charge in [0.05, 0.1) is 5.02 Å². The minimum Gasteiger partial charge on any atom is -0.365 e. The minimum absolute atomic E-state index is 0.0360. The second-order valence-electron chi connectivity index (χ2n) is 7.86. The zero-order chi connectivity index (χ0) is 23.9. The summed E-state index contributed by atoms with van der Waals surface area (Å²) in [6.07, 6.45) is -0.228.